The molecule has 0 unspecified atom stereocenters. The molecule has 1 rings (SSSR count). The van der Waals surface area contributed by atoms with Crippen molar-refractivity contribution >= 4 is 23.4 Å². The summed E-state index contributed by atoms with van der Waals surface area (Å²) in [6.45, 7) is 2.07. The Bertz CT molecular complexity index is 250. The quantitative estimate of drug-likeness (QED) is 0.720. The summed E-state index contributed by atoms with van der Waals surface area (Å²) in [6, 6.07) is 5.24. The van der Waals surface area contributed by atoms with Crippen molar-refractivity contribution in [2.45, 2.75) is 11.8 Å². The molecule has 0 aromatic heterocycles. The lowest BCUT2D eigenvalue weighted by molar-refractivity contribution is 0.475. The molecule has 0 aliphatic carbocycles. The zero-order valence-corrected chi connectivity index (χ0v) is 7.75. The van der Waals surface area contributed by atoms with Crippen molar-refractivity contribution in [2.75, 3.05) is 5.75 Å². The molecule has 0 heterocycles. The number of rotatable bonds is 2. The predicted molar refractivity (Wildman–Crippen MR) is 49.5 cm³/mol. The Balaban J connectivity index is 2.86. The number of hydrogen-bond acceptors (Lipinski definition) is 2. The lowest BCUT2D eigenvalue weighted by atomic mass is 10.3. The van der Waals surface area contributed by atoms with E-state index in [4.69, 9.17) is 16.7 Å². The number of halogens is 1. The lowest BCUT2D eigenvalue weighted by Gasteiger charge is -1.99. The maximum absolute atomic E-state index is 9.07. The maximum Gasteiger partial charge on any atom is 0.134 e. The lowest BCUT2D eigenvalue weighted by Crippen LogP contribution is -1.73. The van der Waals surface area contributed by atoms with E-state index in [0.29, 0.717) is 5.02 Å². The van der Waals surface area contributed by atoms with Crippen molar-refractivity contribution in [1.29, 1.82) is 0 Å². The van der Waals surface area contributed by atoms with Crippen molar-refractivity contribution < 1.29 is 5.11 Å². The minimum Gasteiger partial charge on any atom is -0.506 e. The zero-order valence-electron chi connectivity index (χ0n) is 6.17. The first kappa shape index (κ1) is 8.75. The van der Waals surface area contributed by atoms with Gasteiger partial charge in [-0.25, -0.2) is 0 Å². The van der Waals surface area contributed by atoms with Gasteiger partial charge in [0.15, 0.2) is 0 Å². The summed E-state index contributed by atoms with van der Waals surface area (Å²) in [5.41, 5.74) is 0. The maximum atomic E-state index is 9.07. The Kier molecular flexibility index (Phi) is 3.09. The van der Waals surface area contributed by atoms with E-state index in [-0.39, 0.29) is 5.75 Å². The Labute approximate surface area is 75.4 Å². The summed E-state index contributed by atoms with van der Waals surface area (Å²) in [6.07, 6.45) is 0. The first-order chi connectivity index (χ1) is 5.24. The van der Waals surface area contributed by atoms with Crippen LogP contribution in [0.2, 0.25) is 5.02 Å². The van der Waals surface area contributed by atoms with E-state index in [1.807, 2.05) is 6.07 Å². The fourth-order valence-electron chi connectivity index (χ4n) is 0.744. The molecule has 0 atom stereocenters. The van der Waals surface area contributed by atoms with Crippen LogP contribution in [0.5, 0.6) is 5.75 Å². The topological polar surface area (TPSA) is 20.2 Å². The highest BCUT2D eigenvalue weighted by Gasteiger charge is 1.98. The molecule has 1 aromatic rings. The van der Waals surface area contributed by atoms with E-state index in [0.717, 1.165) is 10.6 Å². The van der Waals surface area contributed by atoms with E-state index in [9.17, 15) is 0 Å². The Hall–Kier alpha value is -0.340. The van der Waals surface area contributed by atoms with E-state index < -0.39 is 0 Å². The van der Waals surface area contributed by atoms with E-state index in [1.54, 1.807) is 23.9 Å². The van der Waals surface area contributed by atoms with Crippen molar-refractivity contribution in [3.63, 3.8) is 0 Å². The summed E-state index contributed by atoms with van der Waals surface area (Å²) >= 11 is 7.39. The fraction of sp³-hybridized carbons (Fsp3) is 0.250. The predicted octanol–water partition coefficient (Wildman–Crippen LogP) is 3.16. The average molecular weight is 189 g/mol. The highest BCUT2D eigenvalue weighted by Crippen LogP contribution is 2.28. The molecule has 11 heavy (non-hydrogen) atoms. The molecule has 0 radical (unpaired) electrons. The van der Waals surface area contributed by atoms with Crippen molar-refractivity contribution in [3.05, 3.63) is 23.2 Å². The molecule has 0 saturated heterocycles. The van der Waals surface area contributed by atoms with Gasteiger partial charge in [0.1, 0.15) is 5.75 Å². The SMILES string of the molecule is CCSc1ccc(O)c(Cl)c1. The van der Waals surface area contributed by atoms with Crippen LogP contribution in [-0.4, -0.2) is 10.9 Å². The highest BCUT2D eigenvalue weighted by molar-refractivity contribution is 7.99. The van der Waals surface area contributed by atoms with Gasteiger partial charge in [-0.3, -0.25) is 0 Å². The molecule has 0 bridgehead atoms. The van der Waals surface area contributed by atoms with Gasteiger partial charge >= 0.3 is 0 Å². The van der Waals surface area contributed by atoms with Gasteiger partial charge in [-0.05, 0) is 24.0 Å². The molecule has 1 N–H and O–H groups in total. The van der Waals surface area contributed by atoms with Crippen LogP contribution >= 0.6 is 23.4 Å². The van der Waals surface area contributed by atoms with Crippen molar-refractivity contribution in [2.24, 2.45) is 0 Å². The first-order valence-corrected chi connectivity index (χ1v) is 4.71. The number of thioether (sulfide) groups is 1. The van der Waals surface area contributed by atoms with Crippen molar-refractivity contribution in [3.8, 4) is 5.75 Å². The standard InChI is InChI=1S/C8H9ClOS/c1-2-11-6-3-4-8(10)7(9)5-6/h3-5,10H,2H2,1H3. The van der Waals surface area contributed by atoms with Crippen LogP contribution < -0.4 is 0 Å². The van der Waals surface area contributed by atoms with Gasteiger partial charge in [0.2, 0.25) is 0 Å². The van der Waals surface area contributed by atoms with E-state index in [2.05, 4.69) is 6.92 Å². The average Bonchev–Trinajstić information content (AvgIpc) is 1.98. The molecule has 60 valence electrons. The summed E-state index contributed by atoms with van der Waals surface area (Å²) in [7, 11) is 0. The first-order valence-electron chi connectivity index (χ1n) is 3.35. The number of phenolic OH excluding ortho intramolecular Hbond substituents is 1. The van der Waals surface area contributed by atoms with Gasteiger partial charge in [-0.2, -0.15) is 0 Å². The molecule has 0 saturated carbocycles. The molecule has 0 amide bonds. The largest absolute Gasteiger partial charge is 0.506 e. The zero-order chi connectivity index (χ0) is 8.27. The van der Waals surface area contributed by atoms with Gasteiger partial charge in [0.05, 0.1) is 5.02 Å². The molecule has 1 nitrogen and oxygen atoms in total. The third kappa shape index (κ3) is 2.31. The molecule has 1 aromatic carbocycles. The van der Waals surface area contributed by atoms with Crippen molar-refractivity contribution in [1.82, 2.24) is 0 Å². The number of aromatic hydroxyl groups is 1. The van der Waals surface area contributed by atoms with Gasteiger partial charge in [-0.15, -0.1) is 11.8 Å². The van der Waals surface area contributed by atoms with Crippen LogP contribution in [0.15, 0.2) is 23.1 Å². The molecule has 0 spiro atoms. The number of benzene rings is 1. The second kappa shape index (κ2) is 3.88. The normalized spacial score (nSPS) is 10.0. The van der Waals surface area contributed by atoms with Gasteiger partial charge in [-0.1, -0.05) is 18.5 Å². The van der Waals surface area contributed by atoms with Crippen LogP contribution in [0.3, 0.4) is 0 Å². The number of phenols is 1. The summed E-state index contributed by atoms with van der Waals surface area (Å²) in [4.78, 5) is 1.09. The Morgan fingerprint density at radius 3 is 2.82 bits per heavy atom. The van der Waals surface area contributed by atoms with Crippen LogP contribution in [-0.2, 0) is 0 Å². The third-order valence-electron chi connectivity index (χ3n) is 1.23. The number of hydrogen-bond donors (Lipinski definition) is 1. The van der Waals surface area contributed by atoms with Gasteiger partial charge in [0.25, 0.3) is 0 Å². The molecular weight excluding hydrogens is 180 g/mol. The Morgan fingerprint density at radius 1 is 1.55 bits per heavy atom. The van der Waals surface area contributed by atoms with Crippen LogP contribution in [0, 0.1) is 0 Å². The summed E-state index contributed by atoms with van der Waals surface area (Å²) in [5, 5.41) is 9.49. The second-order valence-corrected chi connectivity index (χ2v) is 3.79. The Morgan fingerprint density at radius 2 is 2.27 bits per heavy atom. The van der Waals surface area contributed by atoms with Crippen LogP contribution in [0.4, 0.5) is 0 Å². The van der Waals surface area contributed by atoms with Crippen LogP contribution in [0.25, 0.3) is 0 Å². The second-order valence-electron chi connectivity index (χ2n) is 2.05. The summed E-state index contributed by atoms with van der Waals surface area (Å²) < 4.78 is 0. The monoisotopic (exact) mass is 188 g/mol. The third-order valence-corrected chi connectivity index (χ3v) is 2.41. The van der Waals surface area contributed by atoms with Gasteiger partial charge in [0, 0.05) is 4.90 Å². The molecular formula is C8H9ClOS. The molecule has 0 aliphatic heterocycles. The smallest absolute Gasteiger partial charge is 0.134 e. The van der Waals surface area contributed by atoms with E-state index >= 15 is 0 Å². The minimum atomic E-state index is 0.145. The molecule has 3 heteroatoms. The summed E-state index contributed by atoms with van der Waals surface area (Å²) in [5.74, 6) is 1.16. The minimum absolute atomic E-state index is 0.145. The molecule has 0 fully saturated rings. The van der Waals surface area contributed by atoms with E-state index in [1.165, 1.54) is 0 Å². The van der Waals surface area contributed by atoms with Crippen LogP contribution in [0.1, 0.15) is 6.92 Å². The highest BCUT2D eigenvalue weighted by atomic mass is 35.5. The van der Waals surface area contributed by atoms with Gasteiger partial charge < -0.3 is 5.11 Å². The molecule has 0 aliphatic rings. The fourth-order valence-corrected chi connectivity index (χ4v) is 1.69.